The van der Waals surface area contributed by atoms with Gasteiger partial charge in [-0.2, -0.15) is 0 Å². The van der Waals surface area contributed by atoms with Gasteiger partial charge in [-0.3, -0.25) is 0 Å². The van der Waals surface area contributed by atoms with E-state index in [2.05, 4.69) is 0 Å². The van der Waals surface area contributed by atoms with Crippen molar-refractivity contribution in [1.82, 2.24) is 0 Å². The Hall–Kier alpha value is -0.500. The number of carboxylic acid groups (broad SMARTS) is 4. The van der Waals surface area contributed by atoms with Gasteiger partial charge in [0, 0.05) is 6.61 Å². The molecule has 7 nitrogen and oxygen atoms in total. The summed E-state index contributed by atoms with van der Waals surface area (Å²) in [4.78, 5) is 17.0. The van der Waals surface area contributed by atoms with Crippen LogP contribution in [0.3, 0.4) is 0 Å². The molecule has 0 heterocycles. The first-order chi connectivity index (χ1) is 4.88. The number of rotatable bonds is 0. The molecular formula is C4H9NaO7. The van der Waals surface area contributed by atoms with Crippen molar-refractivity contribution >= 4 is 12.3 Å². The predicted molar refractivity (Wildman–Crippen MR) is 31.4 cm³/mol. The Bertz CT molecular complexity index is 83.6. The van der Waals surface area contributed by atoms with Crippen molar-refractivity contribution in [2.45, 2.75) is 6.92 Å². The number of carbonyl (C=O) groups is 2. The fourth-order valence-corrected chi connectivity index (χ4v) is 0. The standard InChI is InChI=1S/C2H6O.2CH2O3.Na/c1-2-3;2*2-1(3)4;/h3H,2H2,1H3;2*(H2,2,3,4);/q;;;+1/p-1. The second kappa shape index (κ2) is 22.4. The van der Waals surface area contributed by atoms with Gasteiger partial charge in [0.25, 0.3) is 0 Å². The molecule has 0 aliphatic rings. The first-order valence-electron chi connectivity index (χ1n) is 2.31. The van der Waals surface area contributed by atoms with Gasteiger partial charge in [0.15, 0.2) is 0 Å². The molecule has 0 aliphatic carbocycles. The number of hydrogen-bond acceptors (Lipinski definition) is 4. The number of aliphatic hydroxyl groups excluding tert-OH is 1. The Morgan fingerprint density at radius 3 is 1.25 bits per heavy atom. The van der Waals surface area contributed by atoms with E-state index in [-0.39, 0.29) is 36.2 Å². The minimum atomic E-state index is -2.08. The van der Waals surface area contributed by atoms with Crippen LogP contribution in [0.15, 0.2) is 0 Å². The fourth-order valence-electron chi connectivity index (χ4n) is 0. The first-order valence-corrected chi connectivity index (χ1v) is 2.31. The Labute approximate surface area is 90.6 Å². The van der Waals surface area contributed by atoms with Gasteiger partial charge < -0.3 is 30.3 Å². The molecule has 12 heavy (non-hydrogen) atoms. The fraction of sp³-hybridized carbons (Fsp3) is 0.500. The van der Waals surface area contributed by atoms with Crippen molar-refractivity contribution in [2.24, 2.45) is 0 Å². The third kappa shape index (κ3) is 2750. The molecule has 0 atom stereocenters. The first kappa shape index (κ1) is 22.5. The molecule has 0 amide bonds. The van der Waals surface area contributed by atoms with Crippen LogP contribution in [0.1, 0.15) is 6.92 Å². The average Bonchev–Trinajstić information content (AvgIpc) is 1.60. The van der Waals surface area contributed by atoms with E-state index in [1.54, 1.807) is 6.92 Å². The van der Waals surface area contributed by atoms with Crippen LogP contribution in [0, 0.1) is 0 Å². The molecule has 0 bridgehead atoms. The zero-order chi connectivity index (χ0) is 9.86. The van der Waals surface area contributed by atoms with E-state index < -0.39 is 12.3 Å². The Balaban J connectivity index is -0.0000000389. The molecule has 0 aromatic carbocycles. The summed E-state index contributed by atoms with van der Waals surface area (Å²) < 4.78 is 0. The monoisotopic (exact) mass is 192 g/mol. The van der Waals surface area contributed by atoms with Gasteiger partial charge in [0.05, 0.1) is 0 Å². The van der Waals surface area contributed by atoms with E-state index in [1.165, 1.54) is 0 Å². The SMILES string of the molecule is CCO.O=C(O)O.O=C([O-])O.[Na+]. The number of aliphatic hydroxyl groups is 1. The molecule has 0 spiro atoms. The second-order valence-corrected chi connectivity index (χ2v) is 0.865. The maximum Gasteiger partial charge on any atom is 1.00 e. The van der Waals surface area contributed by atoms with Gasteiger partial charge in [-0.05, 0) is 6.92 Å². The maximum atomic E-state index is 8.56. The van der Waals surface area contributed by atoms with E-state index in [9.17, 15) is 0 Å². The van der Waals surface area contributed by atoms with Crippen LogP contribution >= 0.6 is 0 Å². The molecule has 0 aliphatic heterocycles. The second-order valence-electron chi connectivity index (χ2n) is 0.865. The predicted octanol–water partition coefficient (Wildman–Crippen LogP) is -3.89. The summed E-state index contributed by atoms with van der Waals surface area (Å²) in [5, 5.41) is 36.8. The van der Waals surface area contributed by atoms with Gasteiger partial charge in [-0.1, -0.05) is 0 Å². The van der Waals surface area contributed by atoms with Crippen molar-refractivity contribution in [3.63, 3.8) is 0 Å². The molecule has 4 N–H and O–H groups in total. The largest absolute Gasteiger partial charge is 1.00 e. The van der Waals surface area contributed by atoms with Gasteiger partial charge in [-0.25, -0.2) is 4.79 Å². The quantitative estimate of drug-likeness (QED) is 0.288. The van der Waals surface area contributed by atoms with Crippen LogP contribution in [-0.4, -0.2) is 39.3 Å². The molecule has 0 unspecified atom stereocenters. The summed E-state index contributed by atoms with van der Waals surface area (Å²) in [7, 11) is 0. The van der Waals surface area contributed by atoms with Gasteiger partial charge in [-0.15, -0.1) is 0 Å². The molecule has 0 fully saturated rings. The molecule has 0 aromatic heterocycles. The average molecular weight is 192 g/mol. The van der Waals surface area contributed by atoms with Crippen LogP contribution in [0.25, 0.3) is 0 Å². The van der Waals surface area contributed by atoms with E-state index in [0.29, 0.717) is 0 Å². The van der Waals surface area contributed by atoms with Crippen molar-refractivity contribution in [3.8, 4) is 0 Å². The number of hydrogen-bond donors (Lipinski definition) is 4. The van der Waals surface area contributed by atoms with E-state index in [4.69, 9.17) is 35.1 Å². The third-order valence-electron chi connectivity index (χ3n) is 0. The molecule has 0 aromatic rings. The summed E-state index contributed by atoms with van der Waals surface area (Å²) >= 11 is 0. The Morgan fingerprint density at radius 1 is 1.25 bits per heavy atom. The van der Waals surface area contributed by atoms with Gasteiger partial charge >= 0.3 is 35.7 Å². The zero-order valence-corrected chi connectivity index (χ0v) is 8.72. The van der Waals surface area contributed by atoms with Crippen LogP contribution in [-0.2, 0) is 0 Å². The summed E-state index contributed by atoms with van der Waals surface area (Å²) in [5.74, 6) is 0. The third-order valence-corrected chi connectivity index (χ3v) is 0. The molecule has 68 valence electrons. The van der Waals surface area contributed by atoms with Crippen LogP contribution in [0.5, 0.6) is 0 Å². The minimum Gasteiger partial charge on any atom is -0.565 e. The topological polar surface area (TPSA) is 138 Å². The Morgan fingerprint density at radius 2 is 1.25 bits per heavy atom. The minimum absolute atomic E-state index is 0. The molecular weight excluding hydrogens is 183 g/mol. The summed E-state index contributed by atoms with van der Waals surface area (Å²) in [5.41, 5.74) is 0. The summed E-state index contributed by atoms with van der Waals surface area (Å²) in [6, 6.07) is 0. The van der Waals surface area contributed by atoms with Crippen molar-refractivity contribution in [1.29, 1.82) is 0 Å². The summed E-state index contributed by atoms with van der Waals surface area (Å²) in [6.07, 6.45) is -3.92. The van der Waals surface area contributed by atoms with Crippen molar-refractivity contribution in [2.75, 3.05) is 6.61 Å². The van der Waals surface area contributed by atoms with E-state index >= 15 is 0 Å². The molecule has 8 heteroatoms. The smallest absolute Gasteiger partial charge is 0.565 e. The van der Waals surface area contributed by atoms with Crippen LogP contribution in [0.2, 0.25) is 0 Å². The van der Waals surface area contributed by atoms with Crippen molar-refractivity contribution < 1.29 is 64.7 Å². The maximum absolute atomic E-state index is 8.56. The molecule has 0 rings (SSSR count). The van der Waals surface area contributed by atoms with E-state index in [0.717, 1.165) is 0 Å². The molecule has 0 saturated heterocycles. The van der Waals surface area contributed by atoms with Crippen molar-refractivity contribution in [3.05, 3.63) is 0 Å². The van der Waals surface area contributed by atoms with Gasteiger partial charge in [0.1, 0.15) is 0 Å². The Kier molecular flexibility index (Phi) is 42.1. The molecule has 0 radical (unpaired) electrons. The zero-order valence-electron chi connectivity index (χ0n) is 6.72. The van der Waals surface area contributed by atoms with Crippen LogP contribution < -0.4 is 34.7 Å². The van der Waals surface area contributed by atoms with E-state index in [1.807, 2.05) is 0 Å². The van der Waals surface area contributed by atoms with Crippen LogP contribution in [0.4, 0.5) is 9.59 Å². The normalized spacial score (nSPS) is 5.50. The summed E-state index contributed by atoms with van der Waals surface area (Å²) in [6.45, 7) is 1.93. The molecule has 0 saturated carbocycles. The van der Waals surface area contributed by atoms with Gasteiger partial charge in [0.2, 0.25) is 6.16 Å².